The number of hydrogen-bond donors (Lipinski definition) is 1. The lowest BCUT2D eigenvalue weighted by Crippen LogP contribution is -2.56. The molecule has 0 bridgehead atoms. The molecule has 0 saturated heterocycles. The van der Waals surface area contributed by atoms with Crippen molar-refractivity contribution < 1.29 is 0 Å². The van der Waals surface area contributed by atoms with Crippen LogP contribution in [0.3, 0.4) is 0 Å². The first-order valence-electron chi connectivity index (χ1n) is 7.37. The fourth-order valence-corrected chi connectivity index (χ4v) is 2.78. The van der Waals surface area contributed by atoms with Gasteiger partial charge >= 0.3 is 0 Å². The standard InChI is InChI=1S/C15H27N5/c1-11(2)14-17-12(16)9-13(18-14)20(5)10-15(19(3)4)7-6-8-15/h9,11H,6-8,10H2,1-5H3,(H2,16,17,18). The Balaban J connectivity index is 2.18. The molecule has 0 radical (unpaired) electrons. The highest BCUT2D eigenvalue weighted by atomic mass is 15.3. The fourth-order valence-electron chi connectivity index (χ4n) is 2.78. The van der Waals surface area contributed by atoms with Crippen molar-refractivity contribution in [2.45, 2.75) is 44.6 Å². The Bertz CT molecular complexity index is 465. The van der Waals surface area contributed by atoms with E-state index >= 15 is 0 Å². The van der Waals surface area contributed by atoms with Crippen LogP contribution in [0.15, 0.2) is 6.07 Å². The molecule has 1 saturated carbocycles. The SMILES string of the molecule is CC(C)c1nc(N)cc(N(C)CC2(N(C)C)CCC2)n1. The Kier molecular flexibility index (Phi) is 4.18. The molecule has 2 N–H and O–H groups in total. The van der Waals surface area contributed by atoms with Crippen molar-refractivity contribution in [3.8, 4) is 0 Å². The zero-order valence-electron chi connectivity index (χ0n) is 13.3. The van der Waals surface area contributed by atoms with E-state index in [1.807, 2.05) is 6.07 Å². The topological polar surface area (TPSA) is 58.3 Å². The minimum absolute atomic E-state index is 0.284. The van der Waals surface area contributed by atoms with Crippen molar-refractivity contribution >= 4 is 11.6 Å². The Morgan fingerprint density at radius 3 is 2.35 bits per heavy atom. The molecule has 5 heteroatoms. The quantitative estimate of drug-likeness (QED) is 0.893. The van der Waals surface area contributed by atoms with E-state index in [1.165, 1.54) is 19.3 Å². The number of anilines is 2. The van der Waals surface area contributed by atoms with Crippen molar-refractivity contribution in [3.63, 3.8) is 0 Å². The summed E-state index contributed by atoms with van der Waals surface area (Å²) in [6.45, 7) is 5.16. The lowest BCUT2D eigenvalue weighted by atomic mass is 9.75. The van der Waals surface area contributed by atoms with Gasteiger partial charge in [0.2, 0.25) is 0 Å². The lowest BCUT2D eigenvalue weighted by Gasteiger charge is -2.49. The molecule has 5 nitrogen and oxygen atoms in total. The summed E-state index contributed by atoms with van der Waals surface area (Å²) in [6, 6.07) is 1.87. The Hall–Kier alpha value is -1.36. The van der Waals surface area contributed by atoms with Gasteiger partial charge in [0.15, 0.2) is 0 Å². The number of nitrogens with zero attached hydrogens (tertiary/aromatic N) is 4. The van der Waals surface area contributed by atoms with Crippen LogP contribution in [0.1, 0.15) is 44.9 Å². The van der Waals surface area contributed by atoms with Gasteiger partial charge in [-0.05, 0) is 33.4 Å². The molecule has 1 heterocycles. The zero-order valence-corrected chi connectivity index (χ0v) is 13.3. The van der Waals surface area contributed by atoms with Gasteiger partial charge in [-0.3, -0.25) is 0 Å². The average Bonchev–Trinajstić information content (AvgIpc) is 2.32. The summed E-state index contributed by atoms with van der Waals surface area (Å²) in [5.74, 6) is 2.59. The number of hydrogen-bond acceptors (Lipinski definition) is 5. The van der Waals surface area contributed by atoms with Gasteiger partial charge in [0.1, 0.15) is 17.5 Å². The number of likely N-dealkylation sites (N-methyl/N-ethyl adjacent to an activating group) is 2. The summed E-state index contributed by atoms with van der Waals surface area (Å²) in [5, 5.41) is 0. The molecule has 0 atom stereocenters. The van der Waals surface area contributed by atoms with Crippen molar-refractivity contribution in [2.24, 2.45) is 0 Å². The first-order chi connectivity index (χ1) is 9.34. The maximum absolute atomic E-state index is 5.92. The molecule has 2 rings (SSSR count). The van der Waals surface area contributed by atoms with Crippen molar-refractivity contribution in [2.75, 3.05) is 38.3 Å². The maximum Gasteiger partial charge on any atom is 0.135 e. The van der Waals surface area contributed by atoms with Gasteiger partial charge in [-0.15, -0.1) is 0 Å². The Labute approximate surface area is 122 Å². The van der Waals surface area contributed by atoms with Crippen molar-refractivity contribution in [3.05, 3.63) is 11.9 Å². The summed E-state index contributed by atoms with van der Waals surface area (Å²) in [5.41, 5.74) is 6.20. The smallest absolute Gasteiger partial charge is 0.135 e. The van der Waals surface area contributed by atoms with Crippen LogP contribution in [0.4, 0.5) is 11.6 Å². The highest BCUT2D eigenvalue weighted by molar-refractivity contribution is 5.47. The third-order valence-corrected chi connectivity index (χ3v) is 4.42. The van der Waals surface area contributed by atoms with Crippen LogP contribution in [0, 0.1) is 0 Å². The molecule has 1 aliphatic rings. The largest absolute Gasteiger partial charge is 0.384 e. The van der Waals surface area contributed by atoms with Gasteiger partial charge in [0.05, 0.1) is 0 Å². The summed E-state index contributed by atoms with van der Waals surface area (Å²) < 4.78 is 0. The molecule has 1 aromatic rings. The summed E-state index contributed by atoms with van der Waals surface area (Å²) in [6.07, 6.45) is 3.82. The fraction of sp³-hybridized carbons (Fsp3) is 0.733. The second-order valence-electron chi connectivity index (χ2n) is 6.49. The van der Waals surface area contributed by atoms with Gasteiger partial charge < -0.3 is 15.5 Å². The number of nitrogens with two attached hydrogens (primary N) is 1. The number of rotatable bonds is 5. The van der Waals surface area contributed by atoms with Gasteiger partial charge in [0, 0.05) is 31.1 Å². The van der Waals surface area contributed by atoms with E-state index in [9.17, 15) is 0 Å². The van der Waals surface area contributed by atoms with Gasteiger partial charge in [-0.2, -0.15) is 0 Å². The molecule has 20 heavy (non-hydrogen) atoms. The van der Waals surface area contributed by atoms with Crippen LogP contribution in [-0.4, -0.2) is 48.1 Å². The highest BCUT2D eigenvalue weighted by Gasteiger charge is 2.40. The normalized spacial score (nSPS) is 17.4. The molecule has 0 spiro atoms. The molecule has 0 aliphatic heterocycles. The Morgan fingerprint density at radius 2 is 1.90 bits per heavy atom. The molecule has 1 aliphatic carbocycles. The van der Waals surface area contributed by atoms with Crippen LogP contribution < -0.4 is 10.6 Å². The molecular weight excluding hydrogens is 250 g/mol. The van der Waals surface area contributed by atoms with Gasteiger partial charge in [-0.1, -0.05) is 13.8 Å². The van der Waals surface area contributed by atoms with Crippen LogP contribution >= 0.6 is 0 Å². The molecule has 1 fully saturated rings. The number of nitrogen functional groups attached to an aromatic ring is 1. The van der Waals surface area contributed by atoms with E-state index in [0.29, 0.717) is 5.82 Å². The summed E-state index contributed by atoms with van der Waals surface area (Å²) in [7, 11) is 6.43. The van der Waals surface area contributed by atoms with E-state index in [2.05, 4.69) is 54.8 Å². The van der Waals surface area contributed by atoms with E-state index in [0.717, 1.165) is 18.2 Å². The molecule has 0 unspecified atom stereocenters. The minimum atomic E-state index is 0.284. The van der Waals surface area contributed by atoms with E-state index in [4.69, 9.17) is 5.73 Å². The Morgan fingerprint density at radius 1 is 1.25 bits per heavy atom. The predicted octanol–water partition coefficient (Wildman–Crippen LogP) is 2.10. The maximum atomic E-state index is 5.92. The number of aromatic nitrogens is 2. The molecule has 1 aromatic heterocycles. The van der Waals surface area contributed by atoms with Crippen LogP contribution in [-0.2, 0) is 0 Å². The predicted molar refractivity (Wildman–Crippen MR) is 84.1 cm³/mol. The molecular formula is C15H27N5. The monoisotopic (exact) mass is 277 g/mol. The second-order valence-corrected chi connectivity index (χ2v) is 6.49. The van der Waals surface area contributed by atoms with Gasteiger partial charge in [0.25, 0.3) is 0 Å². The molecule has 0 aromatic carbocycles. The zero-order chi connectivity index (χ0) is 14.9. The highest BCUT2D eigenvalue weighted by Crippen LogP contribution is 2.37. The van der Waals surface area contributed by atoms with Crippen LogP contribution in [0.5, 0.6) is 0 Å². The molecule has 0 amide bonds. The third-order valence-electron chi connectivity index (χ3n) is 4.42. The van der Waals surface area contributed by atoms with E-state index in [-0.39, 0.29) is 11.5 Å². The van der Waals surface area contributed by atoms with Gasteiger partial charge in [-0.25, -0.2) is 9.97 Å². The minimum Gasteiger partial charge on any atom is -0.384 e. The lowest BCUT2D eigenvalue weighted by molar-refractivity contribution is 0.0681. The second kappa shape index (κ2) is 5.56. The third kappa shape index (κ3) is 2.87. The van der Waals surface area contributed by atoms with Crippen molar-refractivity contribution in [1.29, 1.82) is 0 Å². The first kappa shape index (κ1) is 15.0. The average molecular weight is 277 g/mol. The first-order valence-corrected chi connectivity index (χ1v) is 7.37. The van der Waals surface area contributed by atoms with E-state index < -0.39 is 0 Å². The van der Waals surface area contributed by atoms with E-state index in [1.54, 1.807) is 0 Å². The summed E-state index contributed by atoms with van der Waals surface area (Å²) in [4.78, 5) is 13.5. The van der Waals surface area contributed by atoms with Crippen LogP contribution in [0.25, 0.3) is 0 Å². The van der Waals surface area contributed by atoms with Crippen molar-refractivity contribution in [1.82, 2.24) is 14.9 Å². The van der Waals surface area contributed by atoms with Crippen LogP contribution in [0.2, 0.25) is 0 Å². The summed E-state index contributed by atoms with van der Waals surface area (Å²) >= 11 is 0. The molecule has 112 valence electrons.